The third kappa shape index (κ3) is 5.62. The fraction of sp³-hybridized carbons (Fsp3) is 0.844. The number of aryl methyl sites for hydroxylation is 1. The Balaban J connectivity index is 0.987. The molecule has 2 spiro atoms. The number of fused-ring (bicyclic) bond motifs is 4. The Bertz CT molecular complexity index is 1610. The van der Waals surface area contributed by atoms with Gasteiger partial charge in [0.05, 0.1) is 43.7 Å². The van der Waals surface area contributed by atoms with Crippen molar-refractivity contribution in [2.75, 3.05) is 26.8 Å². The zero-order chi connectivity index (χ0) is 38.8. The molecule has 0 amide bonds. The summed E-state index contributed by atoms with van der Waals surface area (Å²) in [5.41, 5.74) is 1.32. The molecule has 5 saturated carbocycles. The summed E-state index contributed by atoms with van der Waals surface area (Å²) in [6.45, 7) is 22.1. The zero-order valence-electron chi connectivity index (χ0n) is 34.8. The predicted octanol–water partition coefficient (Wildman–Crippen LogP) is 7.06. The number of aliphatic hydroxyl groups excluding tert-OH is 1. The number of methoxy groups -OCH3 is 1. The van der Waals surface area contributed by atoms with Gasteiger partial charge < -0.3 is 33.9 Å². The normalized spacial score (nSPS) is 45.9. The summed E-state index contributed by atoms with van der Waals surface area (Å²) in [7, 11) is 1.75. The van der Waals surface area contributed by atoms with E-state index in [1.807, 2.05) is 0 Å². The summed E-state index contributed by atoms with van der Waals surface area (Å²) in [5, 5.41) is 23.7. The van der Waals surface area contributed by atoms with Crippen molar-refractivity contribution in [2.45, 2.75) is 163 Å². The zero-order valence-corrected chi connectivity index (χ0v) is 34.8. The smallest absolute Gasteiger partial charge is 0.303 e. The summed E-state index contributed by atoms with van der Waals surface area (Å²) < 4.78 is 31.6. The van der Waals surface area contributed by atoms with Gasteiger partial charge in [0.25, 0.3) is 0 Å². The number of esters is 1. The highest BCUT2D eigenvalue weighted by Gasteiger charge is 2.84. The molecule has 9 nitrogen and oxygen atoms in total. The van der Waals surface area contributed by atoms with Gasteiger partial charge in [-0.2, -0.15) is 0 Å². The maximum Gasteiger partial charge on any atom is 0.303 e. The van der Waals surface area contributed by atoms with Gasteiger partial charge in [-0.05, 0) is 129 Å². The molecular formula is C45H69NO8. The summed E-state index contributed by atoms with van der Waals surface area (Å²) in [5.74, 6) is 1.99. The molecule has 9 heteroatoms. The number of benzene rings is 1. The van der Waals surface area contributed by atoms with Crippen LogP contribution in [0.15, 0.2) is 18.2 Å². The van der Waals surface area contributed by atoms with E-state index in [2.05, 4.69) is 64.6 Å². The van der Waals surface area contributed by atoms with E-state index >= 15 is 0 Å². The average Bonchev–Trinajstić information content (AvgIpc) is 3.73. The minimum Gasteiger partial charge on any atom is -0.496 e. The number of carbonyl (C=O) groups excluding carboxylic acids is 1. The van der Waals surface area contributed by atoms with Crippen molar-refractivity contribution in [3.63, 3.8) is 0 Å². The molecule has 2 N–H and O–H groups in total. The molecule has 1 unspecified atom stereocenters. The summed E-state index contributed by atoms with van der Waals surface area (Å²) in [6.07, 6.45) is 6.45. The molecule has 2 saturated heterocycles. The average molecular weight is 752 g/mol. The summed E-state index contributed by atoms with van der Waals surface area (Å²) in [6, 6.07) is 6.45. The lowest BCUT2D eigenvalue weighted by atomic mass is 9.41. The van der Waals surface area contributed by atoms with Gasteiger partial charge in [0.15, 0.2) is 12.4 Å². The third-order valence-electron chi connectivity index (χ3n) is 17.4. The molecule has 7 fully saturated rings. The van der Waals surface area contributed by atoms with E-state index in [4.69, 9.17) is 23.7 Å². The van der Waals surface area contributed by atoms with Gasteiger partial charge in [0.1, 0.15) is 5.75 Å². The second-order valence-corrected chi connectivity index (χ2v) is 20.7. The highest BCUT2D eigenvalue weighted by Crippen LogP contribution is 2.89. The first-order valence-electron chi connectivity index (χ1n) is 21.2. The van der Waals surface area contributed by atoms with Gasteiger partial charge in [-0.1, -0.05) is 46.8 Å². The van der Waals surface area contributed by atoms with E-state index in [0.717, 1.165) is 51.1 Å². The third-order valence-corrected chi connectivity index (χ3v) is 17.4. The topological polar surface area (TPSA) is 107 Å². The van der Waals surface area contributed by atoms with Crippen LogP contribution in [0.25, 0.3) is 0 Å². The number of hydrogen-bond donors (Lipinski definition) is 2. The standard InChI is InChI=1S/C45H69NO8/c1-26-11-12-29(30(21-26)50-10)23-46-19-20-51-35(24-46)54-34-15-16-44-25-45(44)18-17-42(8)36-27(2)22-31(39(41(6,7)49)52-28(3)47)53-37(36)38(48)43(42,9)33(45)14-13-32(44)40(34,4)5/h11-12,21,27,31-39,48-49H,13-20,22-25H2,1-10H3/t27-,31-,32+,33+,34+,35+,36?,37+,38+,39+,42-,43-,44-,45+/m1/s1. The first-order valence-corrected chi connectivity index (χ1v) is 21.2. The van der Waals surface area contributed by atoms with E-state index in [1.165, 1.54) is 37.3 Å². The number of rotatable bonds is 8. The summed E-state index contributed by atoms with van der Waals surface area (Å²) >= 11 is 0. The van der Waals surface area contributed by atoms with Crippen molar-refractivity contribution in [1.29, 1.82) is 0 Å². The Morgan fingerprint density at radius 2 is 1.80 bits per heavy atom. The van der Waals surface area contributed by atoms with Crippen LogP contribution >= 0.6 is 0 Å². The molecule has 5 aliphatic carbocycles. The first-order chi connectivity index (χ1) is 25.3. The Hall–Kier alpha value is -1.75. The van der Waals surface area contributed by atoms with Crippen LogP contribution in [0.4, 0.5) is 0 Å². The van der Waals surface area contributed by atoms with E-state index in [0.29, 0.717) is 24.9 Å². The van der Waals surface area contributed by atoms with Crippen LogP contribution in [0.5, 0.6) is 5.75 Å². The Labute approximate surface area is 324 Å². The van der Waals surface area contributed by atoms with Crippen molar-refractivity contribution in [1.82, 2.24) is 4.90 Å². The van der Waals surface area contributed by atoms with Crippen LogP contribution in [0.1, 0.15) is 118 Å². The SMILES string of the molecule is COc1cc(C)ccc1CN1CCO[C@@H](O[C@H]2CC[C@]34C[C@]35CC[C@]3(C)C6[C@H](C)C[C@H]([C@H](OC(C)=O)C(C)(C)O)O[C@@H]6[C@H](O)[C@@]3(C)[C@@H]5CC[C@H]4C2(C)C)C1. The van der Waals surface area contributed by atoms with Gasteiger partial charge in [0, 0.05) is 37.5 Å². The van der Waals surface area contributed by atoms with Crippen LogP contribution in [0.2, 0.25) is 0 Å². The summed E-state index contributed by atoms with van der Waals surface area (Å²) in [4.78, 5) is 14.6. The Morgan fingerprint density at radius 1 is 1.07 bits per heavy atom. The maximum absolute atomic E-state index is 12.7. The number of ether oxygens (including phenoxy) is 5. The minimum absolute atomic E-state index is 0.0101. The highest BCUT2D eigenvalue weighted by atomic mass is 16.7. The molecular weight excluding hydrogens is 682 g/mol. The van der Waals surface area contributed by atoms with Gasteiger partial charge >= 0.3 is 5.97 Å². The van der Waals surface area contributed by atoms with Crippen molar-refractivity contribution in [3.05, 3.63) is 29.3 Å². The molecule has 54 heavy (non-hydrogen) atoms. The number of nitrogens with zero attached hydrogens (tertiary/aromatic N) is 1. The second kappa shape index (κ2) is 13.1. The van der Waals surface area contributed by atoms with Gasteiger partial charge in [-0.15, -0.1) is 0 Å². The lowest BCUT2D eigenvalue weighted by Crippen LogP contribution is -2.60. The van der Waals surface area contributed by atoms with E-state index in [9.17, 15) is 15.0 Å². The molecule has 0 aromatic heterocycles. The van der Waals surface area contributed by atoms with Gasteiger partial charge in [-0.25, -0.2) is 0 Å². The monoisotopic (exact) mass is 752 g/mol. The van der Waals surface area contributed by atoms with E-state index in [1.54, 1.807) is 21.0 Å². The van der Waals surface area contributed by atoms with Crippen molar-refractivity contribution in [3.8, 4) is 5.75 Å². The molecule has 302 valence electrons. The fourth-order valence-electron chi connectivity index (χ4n) is 14.9. The van der Waals surface area contributed by atoms with Crippen LogP contribution in [-0.4, -0.2) is 90.3 Å². The van der Waals surface area contributed by atoms with Crippen LogP contribution in [0, 0.1) is 57.7 Å². The maximum atomic E-state index is 12.7. The Kier molecular flexibility index (Phi) is 9.51. The van der Waals surface area contributed by atoms with Crippen molar-refractivity contribution >= 4 is 5.97 Å². The van der Waals surface area contributed by atoms with Gasteiger partial charge in [-0.3, -0.25) is 9.69 Å². The quantitative estimate of drug-likeness (QED) is 0.270. The molecule has 7 aliphatic rings. The molecule has 1 aromatic carbocycles. The number of aliphatic hydroxyl groups is 2. The van der Waals surface area contributed by atoms with Crippen LogP contribution in [-0.2, 0) is 30.3 Å². The molecule has 14 atom stereocenters. The number of hydrogen-bond acceptors (Lipinski definition) is 9. The molecule has 2 heterocycles. The lowest BCUT2D eigenvalue weighted by molar-refractivity contribution is -0.249. The molecule has 0 radical (unpaired) electrons. The molecule has 0 bridgehead atoms. The van der Waals surface area contributed by atoms with E-state index in [-0.39, 0.29) is 57.4 Å². The molecule has 8 rings (SSSR count). The number of carbonyl (C=O) groups is 1. The fourth-order valence-corrected chi connectivity index (χ4v) is 14.9. The minimum atomic E-state index is -1.26. The lowest BCUT2D eigenvalue weighted by Gasteiger charge is -2.64. The number of morpholine rings is 1. The van der Waals surface area contributed by atoms with Crippen molar-refractivity contribution < 1.29 is 38.7 Å². The Morgan fingerprint density at radius 3 is 2.50 bits per heavy atom. The highest BCUT2D eigenvalue weighted by molar-refractivity contribution is 5.66. The molecule has 2 aliphatic heterocycles. The molecule has 1 aromatic rings. The van der Waals surface area contributed by atoms with Gasteiger partial charge in [0.2, 0.25) is 0 Å². The van der Waals surface area contributed by atoms with E-state index < -0.39 is 29.9 Å². The van der Waals surface area contributed by atoms with Crippen LogP contribution < -0.4 is 4.74 Å². The predicted molar refractivity (Wildman–Crippen MR) is 206 cm³/mol. The second-order valence-electron chi connectivity index (χ2n) is 20.7. The van der Waals surface area contributed by atoms with Crippen molar-refractivity contribution in [2.24, 2.45) is 50.7 Å². The first kappa shape index (κ1) is 39.1. The van der Waals surface area contributed by atoms with Crippen LogP contribution in [0.3, 0.4) is 0 Å². The largest absolute Gasteiger partial charge is 0.496 e.